The lowest BCUT2D eigenvalue weighted by Gasteiger charge is -2.18. The Hall–Kier alpha value is 0.270. The average molecular weight is 174 g/mol. The van der Waals surface area contributed by atoms with Crippen LogP contribution in [0.1, 0.15) is 12.8 Å². The highest BCUT2D eigenvalue weighted by atomic mass is 32.2. The minimum Gasteiger partial charge on any atom is -0.330 e. The van der Waals surface area contributed by atoms with E-state index in [0.29, 0.717) is 0 Å². The summed E-state index contributed by atoms with van der Waals surface area (Å²) in [6.45, 7) is 4.60. The number of rotatable bonds is 3. The largest absolute Gasteiger partial charge is 0.330 e. The second kappa shape index (κ2) is 5.86. The van der Waals surface area contributed by atoms with Crippen molar-refractivity contribution < 1.29 is 0 Å². The second-order valence-corrected chi connectivity index (χ2v) is 4.17. The molecule has 2 N–H and O–H groups in total. The SMILES string of the molecule is NCCCN1CCCSCC1. The van der Waals surface area contributed by atoms with Crippen LogP contribution in [0.15, 0.2) is 0 Å². The van der Waals surface area contributed by atoms with Crippen LogP contribution in [0.4, 0.5) is 0 Å². The van der Waals surface area contributed by atoms with Crippen molar-refractivity contribution in [2.75, 3.05) is 37.7 Å². The van der Waals surface area contributed by atoms with Gasteiger partial charge in [0, 0.05) is 12.3 Å². The number of hydrogen-bond acceptors (Lipinski definition) is 3. The summed E-state index contributed by atoms with van der Waals surface area (Å²) in [6, 6.07) is 0. The maximum atomic E-state index is 5.45. The molecular formula is C8H18N2S. The number of hydrogen-bond donors (Lipinski definition) is 1. The third-order valence-corrected chi connectivity index (χ3v) is 3.04. The van der Waals surface area contributed by atoms with E-state index < -0.39 is 0 Å². The fourth-order valence-corrected chi connectivity index (χ4v) is 2.26. The van der Waals surface area contributed by atoms with Crippen molar-refractivity contribution >= 4 is 11.8 Å². The topological polar surface area (TPSA) is 29.3 Å². The second-order valence-electron chi connectivity index (χ2n) is 2.95. The minimum atomic E-state index is 0.837. The molecule has 0 atom stereocenters. The number of nitrogens with two attached hydrogens (primary N) is 1. The molecule has 1 rings (SSSR count). The molecule has 0 aliphatic carbocycles. The number of nitrogens with zero attached hydrogens (tertiary/aromatic N) is 1. The van der Waals surface area contributed by atoms with E-state index in [1.807, 2.05) is 0 Å². The molecule has 0 saturated carbocycles. The quantitative estimate of drug-likeness (QED) is 0.685. The summed E-state index contributed by atoms with van der Waals surface area (Å²) >= 11 is 2.08. The summed E-state index contributed by atoms with van der Waals surface area (Å²) in [5, 5.41) is 0. The molecule has 1 fully saturated rings. The van der Waals surface area contributed by atoms with Crippen molar-refractivity contribution in [3.63, 3.8) is 0 Å². The van der Waals surface area contributed by atoms with E-state index in [2.05, 4.69) is 16.7 Å². The van der Waals surface area contributed by atoms with Crippen molar-refractivity contribution in [2.45, 2.75) is 12.8 Å². The summed E-state index contributed by atoms with van der Waals surface area (Å²) < 4.78 is 0. The molecule has 0 aromatic carbocycles. The van der Waals surface area contributed by atoms with E-state index in [-0.39, 0.29) is 0 Å². The van der Waals surface area contributed by atoms with E-state index in [1.54, 1.807) is 0 Å². The molecule has 0 aromatic heterocycles. The zero-order valence-electron chi connectivity index (χ0n) is 7.09. The molecule has 0 bridgehead atoms. The van der Waals surface area contributed by atoms with E-state index in [0.717, 1.165) is 13.0 Å². The number of thioether (sulfide) groups is 1. The minimum absolute atomic E-state index is 0.837. The molecule has 66 valence electrons. The van der Waals surface area contributed by atoms with Gasteiger partial charge in [-0.2, -0.15) is 11.8 Å². The van der Waals surface area contributed by atoms with Crippen LogP contribution in [0.25, 0.3) is 0 Å². The maximum absolute atomic E-state index is 5.45. The summed E-state index contributed by atoms with van der Waals surface area (Å²) in [6.07, 6.45) is 2.51. The highest BCUT2D eigenvalue weighted by Crippen LogP contribution is 2.09. The lowest BCUT2D eigenvalue weighted by Crippen LogP contribution is -2.28. The van der Waals surface area contributed by atoms with Gasteiger partial charge < -0.3 is 10.6 Å². The van der Waals surface area contributed by atoms with Gasteiger partial charge in [-0.15, -0.1) is 0 Å². The standard InChI is InChI=1S/C8H18N2S/c9-3-1-4-10-5-2-7-11-8-6-10/h1-9H2. The molecule has 2 nitrogen and oxygen atoms in total. The first-order valence-corrected chi connectivity index (χ1v) is 5.59. The molecule has 1 aliphatic heterocycles. The molecule has 11 heavy (non-hydrogen) atoms. The summed E-state index contributed by atoms with van der Waals surface area (Å²) in [5.41, 5.74) is 5.45. The zero-order valence-corrected chi connectivity index (χ0v) is 7.91. The van der Waals surface area contributed by atoms with Crippen LogP contribution in [0.2, 0.25) is 0 Å². The van der Waals surface area contributed by atoms with Gasteiger partial charge in [-0.05, 0) is 38.2 Å². The Balaban J connectivity index is 2.09. The Morgan fingerprint density at radius 3 is 3.00 bits per heavy atom. The normalized spacial score (nSPS) is 21.5. The van der Waals surface area contributed by atoms with E-state index in [4.69, 9.17) is 5.73 Å². The summed E-state index contributed by atoms with van der Waals surface area (Å²) in [5.74, 6) is 2.66. The first-order chi connectivity index (χ1) is 5.43. The third kappa shape index (κ3) is 3.99. The van der Waals surface area contributed by atoms with Gasteiger partial charge >= 0.3 is 0 Å². The fraction of sp³-hybridized carbons (Fsp3) is 1.00. The third-order valence-electron chi connectivity index (χ3n) is 1.99. The Labute approximate surface area is 73.5 Å². The molecule has 0 unspecified atom stereocenters. The first-order valence-electron chi connectivity index (χ1n) is 4.43. The molecule has 0 spiro atoms. The van der Waals surface area contributed by atoms with Gasteiger partial charge in [-0.1, -0.05) is 0 Å². The van der Waals surface area contributed by atoms with E-state index >= 15 is 0 Å². The summed E-state index contributed by atoms with van der Waals surface area (Å²) in [7, 11) is 0. The van der Waals surface area contributed by atoms with Gasteiger partial charge in [0.1, 0.15) is 0 Å². The Morgan fingerprint density at radius 1 is 1.27 bits per heavy atom. The monoisotopic (exact) mass is 174 g/mol. The van der Waals surface area contributed by atoms with Crippen molar-refractivity contribution in [3.05, 3.63) is 0 Å². The van der Waals surface area contributed by atoms with Crippen molar-refractivity contribution in [1.29, 1.82) is 0 Å². The predicted molar refractivity (Wildman–Crippen MR) is 52.1 cm³/mol. The van der Waals surface area contributed by atoms with Crippen molar-refractivity contribution in [3.8, 4) is 0 Å². The molecular weight excluding hydrogens is 156 g/mol. The molecule has 1 heterocycles. The molecule has 1 aliphatic rings. The van der Waals surface area contributed by atoms with Gasteiger partial charge in [0.15, 0.2) is 0 Å². The van der Waals surface area contributed by atoms with Crippen LogP contribution in [0.5, 0.6) is 0 Å². The molecule has 3 heteroatoms. The van der Waals surface area contributed by atoms with Crippen molar-refractivity contribution in [2.24, 2.45) is 5.73 Å². The van der Waals surface area contributed by atoms with Crippen LogP contribution in [0, 0.1) is 0 Å². The van der Waals surface area contributed by atoms with E-state index in [1.165, 1.54) is 37.6 Å². The Morgan fingerprint density at radius 2 is 2.18 bits per heavy atom. The highest BCUT2D eigenvalue weighted by Gasteiger charge is 2.07. The van der Waals surface area contributed by atoms with Gasteiger partial charge in [0.25, 0.3) is 0 Å². The van der Waals surface area contributed by atoms with Crippen molar-refractivity contribution in [1.82, 2.24) is 4.90 Å². The maximum Gasteiger partial charge on any atom is 0.00724 e. The fourth-order valence-electron chi connectivity index (χ4n) is 1.34. The smallest absolute Gasteiger partial charge is 0.00724 e. The Bertz CT molecular complexity index is 90.1. The van der Waals surface area contributed by atoms with Crippen LogP contribution < -0.4 is 5.73 Å². The van der Waals surface area contributed by atoms with Crippen LogP contribution in [-0.4, -0.2) is 42.6 Å². The lowest BCUT2D eigenvalue weighted by molar-refractivity contribution is 0.293. The predicted octanol–water partition coefficient (Wildman–Crippen LogP) is 0.774. The zero-order chi connectivity index (χ0) is 7.94. The van der Waals surface area contributed by atoms with Gasteiger partial charge in [-0.3, -0.25) is 0 Å². The summed E-state index contributed by atoms with van der Waals surface area (Å²) in [4.78, 5) is 2.53. The van der Waals surface area contributed by atoms with Crippen LogP contribution >= 0.6 is 11.8 Å². The first kappa shape index (κ1) is 9.36. The highest BCUT2D eigenvalue weighted by molar-refractivity contribution is 7.99. The van der Waals surface area contributed by atoms with Gasteiger partial charge in [0.2, 0.25) is 0 Å². The van der Waals surface area contributed by atoms with Crippen LogP contribution in [-0.2, 0) is 0 Å². The average Bonchev–Trinajstić information content (AvgIpc) is 2.28. The Kier molecular flexibility index (Phi) is 4.99. The molecule has 0 amide bonds. The van der Waals surface area contributed by atoms with Gasteiger partial charge in [0.05, 0.1) is 0 Å². The lowest BCUT2D eigenvalue weighted by atomic mass is 10.3. The van der Waals surface area contributed by atoms with Gasteiger partial charge in [-0.25, -0.2) is 0 Å². The molecule has 1 saturated heterocycles. The van der Waals surface area contributed by atoms with E-state index in [9.17, 15) is 0 Å². The molecule has 0 radical (unpaired) electrons. The van der Waals surface area contributed by atoms with Crippen LogP contribution in [0.3, 0.4) is 0 Å². The molecule has 0 aromatic rings.